The second-order valence-corrected chi connectivity index (χ2v) is 7.54. The lowest BCUT2D eigenvalue weighted by Crippen LogP contribution is -2.26. The molecule has 0 bridgehead atoms. The highest BCUT2D eigenvalue weighted by molar-refractivity contribution is 7.17. The van der Waals surface area contributed by atoms with E-state index in [1.54, 1.807) is 0 Å². The van der Waals surface area contributed by atoms with Crippen molar-refractivity contribution in [1.82, 2.24) is 4.98 Å². The zero-order chi connectivity index (χ0) is 13.8. The molecule has 3 rings (SSSR count). The zero-order valence-electron chi connectivity index (χ0n) is 11.4. The maximum absolute atomic E-state index is 12.1. The topological polar surface area (TPSA) is 59.1 Å². The average Bonchev–Trinajstić information content (AvgIpc) is 2.86. The molecule has 0 saturated heterocycles. The van der Waals surface area contributed by atoms with E-state index in [0.717, 1.165) is 23.4 Å². The van der Waals surface area contributed by atoms with Gasteiger partial charge >= 0.3 is 0 Å². The van der Waals surface area contributed by atoms with Gasteiger partial charge in [-0.2, -0.15) is 0 Å². The van der Waals surface area contributed by atoms with E-state index in [1.165, 1.54) is 11.3 Å². The second-order valence-electron chi connectivity index (χ2n) is 6.54. The summed E-state index contributed by atoms with van der Waals surface area (Å²) in [6.45, 7) is 6.23. The summed E-state index contributed by atoms with van der Waals surface area (Å²) in [7, 11) is 0. The molecule has 1 N–H and O–H groups in total. The fourth-order valence-corrected chi connectivity index (χ4v) is 3.58. The molecule has 1 saturated carbocycles. The number of thiazole rings is 1. The third-order valence-electron chi connectivity index (χ3n) is 3.91. The molecule has 102 valence electrons. The van der Waals surface area contributed by atoms with Crippen molar-refractivity contribution in [2.24, 2.45) is 17.3 Å². The molecule has 19 heavy (non-hydrogen) atoms. The Bertz CT molecular complexity index is 562. The summed E-state index contributed by atoms with van der Waals surface area (Å²) >= 11 is 1.33. The Balaban J connectivity index is 1.79. The number of hydrogen-bond donors (Lipinski definition) is 1. The number of aromatic nitrogens is 1. The molecule has 2 aliphatic carbocycles. The van der Waals surface area contributed by atoms with Crippen LogP contribution in [0.1, 0.15) is 49.0 Å². The number of ketones is 1. The summed E-state index contributed by atoms with van der Waals surface area (Å²) in [5, 5.41) is 3.44. The van der Waals surface area contributed by atoms with Gasteiger partial charge in [-0.3, -0.25) is 9.59 Å². The van der Waals surface area contributed by atoms with E-state index in [-0.39, 0.29) is 23.0 Å². The average molecular weight is 278 g/mol. The summed E-state index contributed by atoms with van der Waals surface area (Å²) in [5.74, 6) is 0.817. The molecule has 4 nitrogen and oxygen atoms in total. The first kappa shape index (κ1) is 12.8. The highest BCUT2D eigenvalue weighted by atomic mass is 32.1. The molecule has 2 aliphatic rings. The van der Waals surface area contributed by atoms with Crippen molar-refractivity contribution < 1.29 is 9.59 Å². The predicted molar refractivity (Wildman–Crippen MR) is 74.4 cm³/mol. The van der Waals surface area contributed by atoms with Gasteiger partial charge in [-0.1, -0.05) is 32.1 Å². The summed E-state index contributed by atoms with van der Waals surface area (Å²) in [4.78, 5) is 29.1. The van der Waals surface area contributed by atoms with Gasteiger partial charge in [0.1, 0.15) is 0 Å². The molecule has 0 unspecified atom stereocenters. The SMILES string of the molecule is C[C@H]1C[C@H]1C(=O)Nc1nc2c(s1)C(=O)CC(C)(C)C2. The molecule has 1 heterocycles. The van der Waals surface area contributed by atoms with E-state index in [2.05, 4.69) is 31.1 Å². The molecule has 1 fully saturated rings. The number of fused-ring (bicyclic) bond motifs is 1. The van der Waals surface area contributed by atoms with Gasteiger partial charge in [-0.15, -0.1) is 0 Å². The summed E-state index contributed by atoms with van der Waals surface area (Å²) in [5.41, 5.74) is 0.829. The van der Waals surface area contributed by atoms with Crippen molar-refractivity contribution in [2.45, 2.75) is 40.0 Å². The largest absolute Gasteiger partial charge is 0.302 e. The van der Waals surface area contributed by atoms with Crippen LogP contribution >= 0.6 is 11.3 Å². The molecule has 0 aromatic carbocycles. The van der Waals surface area contributed by atoms with Crippen LogP contribution in [0.2, 0.25) is 0 Å². The normalized spacial score (nSPS) is 27.8. The highest BCUT2D eigenvalue weighted by Gasteiger charge is 2.40. The molecule has 1 aromatic heterocycles. The van der Waals surface area contributed by atoms with E-state index < -0.39 is 0 Å². The molecule has 2 atom stereocenters. The monoisotopic (exact) mass is 278 g/mol. The van der Waals surface area contributed by atoms with E-state index in [4.69, 9.17) is 0 Å². The molecular weight excluding hydrogens is 260 g/mol. The Morgan fingerprint density at radius 2 is 2.11 bits per heavy atom. The number of nitrogens with one attached hydrogen (secondary N) is 1. The van der Waals surface area contributed by atoms with Crippen LogP contribution in [0.25, 0.3) is 0 Å². The smallest absolute Gasteiger partial charge is 0.229 e. The van der Waals surface area contributed by atoms with Crippen LogP contribution in [0.15, 0.2) is 0 Å². The van der Waals surface area contributed by atoms with Gasteiger partial charge in [-0.25, -0.2) is 4.98 Å². The maximum Gasteiger partial charge on any atom is 0.229 e. The Morgan fingerprint density at radius 1 is 1.42 bits per heavy atom. The molecular formula is C14H18N2O2S. The lowest BCUT2D eigenvalue weighted by atomic mass is 9.78. The van der Waals surface area contributed by atoms with Gasteiger partial charge in [0.15, 0.2) is 10.9 Å². The fraction of sp³-hybridized carbons (Fsp3) is 0.643. The van der Waals surface area contributed by atoms with Gasteiger partial charge in [-0.05, 0) is 24.2 Å². The molecule has 1 aromatic rings. The van der Waals surface area contributed by atoms with Gasteiger partial charge in [0, 0.05) is 12.3 Å². The molecule has 0 spiro atoms. The molecule has 5 heteroatoms. The molecule has 0 aliphatic heterocycles. The van der Waals surface area contributed by atoms with E-state index >= 15 is 0 Å². The molecule has 1 amide bonds. The minimum Gasteiger partial charge on any atom is -0.302 e. The number of Topliss-reactive ketones (excluding diaryl/α,β-unsaturated/α-hetero) is 1. The van der Waals surface area contributed by atoms with Crippen molar-refractivity contribution in [3.05, 3.63) is 10.6 Å². The van der Waals surface area contributed by atoms with Crippen LogP contribution in [-0.4, -0.2) is 16.7 Å². The first-order valence-corrected chi connectivity index (χ1v) is 7.51. The lowest BCUT2D eigenvalue weighted by molar-refractivity contribution is -0.117. The van der Waals surface area contributed by atoms with Gasteiger partial charge < -0.3 is 5.32 Å². The Morgan fingerprint density at radius 3 is 2.74 bits per heavy atom. The van der Waals surface area contributed by atoms with Crippen LogP contribution in [-0.2, 0) is 11.2 Å². The maximum atomic E-state index is 12.1. The van der Waals surface area contributed by atoms with Gasteiger partial charge in [0.25, 0.3) is 0 Å². The standard InChI is InChI=1S/C14H18N2O2S/c1-7-4-8(7)12(18)16-13-15-9-5-14(2,3)6-10(17)11(9)19-13/h7-8H,4-6H2,1-3H3,(H,15,16,18)/t7-,8+/m0/s1. The lowest BCUT2D eigenvalue weighted by Gasteiger charge is -2.26. The van der Waals surface area contributed by atoms with E-state index in [1.807, 2.05) is 0 Å². The number of nitrogens with zero attached hydrogens (tertiary/aromatic N) is 1. The van der Waals surface area contributed by atoms with Crippen LogP contribution in [0.5, 0.6) is 0 Å². The van der Waals surface area contributed by atoms with Crippen molar-refractivity contribution in [3.8, 4) is 0 Å². The van der Waals surface area contributed by atoms with Crippen LogP contribution in [0.3, 0.4) is 0 Å². The summed E-state index contributed by atoms with van der Waals surface area (Å²) < 4.78 is 0. The third-order valence-corrected chi connectivity index (χ3v) is 4.97. The highest BCUT2D eigenvalue weighted by Crippen LogP contribution is 2.41. The van der Waals surface area contributed by atoms with Crippen LogP contribution in [0.4, 0.5) is 5.13 Å². The van der Waals surface area contributed by atoms with E-state index in [9.17, 15) is 9.59 Å². The number of anilines is 1. The Hall–Kier alpha value is -1.23. The van der Waals surface area contributed by atoms with Crippen LogP contribution < -0.4 is 5.32 Å². The quantitative estimate of drug-likeness (QED) is 0.905. The van der Waals surface area contributed by atoms with Gasteiger partial charge in [0.2, 0.25) is 5.91 Å². The first-order chi connectivity index (χ1) is 8.85. The minimum atomic E-state index is -0.0234. The van der Waals surface area contributed by atoms with E-state index in [0.29, 0.717) is 17.5 Å². The fourth-order valence-electron chi connectivity index (χ4n) is 2.66. The number of hydrogen-bond acceptors (Lipinski definition) is 4. The zero-order valence-corrected chi connectivity index (χ0v) is 12.3. The van der Waals surface area contributed by atoms with Crippen molar-refractivity contribution in [1.29, 1.82) is 0 Å². The van der Waals surface area contributed by atoms with Crippen molar-refractivity contribution in [2.75, 3.05) is 5.32 Å². The first-order valence-electron chi connectivity index (χ1n) is 6.69. The van der Waals surface area contributed by atoms with Crippen molar-refractivity contribution in [3.63, 3.8) is 0 Å². The molecule has 0 radical (unpaired) electrons. The second kappa shape index (κ2) is 4.13. The Kier molecular flexibility index (Phi) is 2.78. The summed E-state index contributed by atoms with van der Waals surface area (Å²) in [6.07, 6.45) is 2.33. The number of carbonyl (C=O) groups is 2. The van der Waals surface area contributed by atoms with Gasteiger partial charge in [0.05, 0.1) is 10.6 Å². The summed E-state index contributed by atoms with van der Waals surface area (Å²) in [6, 6.07) is 0. The minimum absolute atomic E-state index is 0.0234. The van der Waals surface area contributed by atoms with Crippen LogP contribution in [0, 0.1) is 17.3 Å². The predicted octanol–water partition coefficient (Wildman–Crippen LogP) is 2.89. The third kappa shape index (κ3) is 2.43. The van der Waals surface area contributed by atoms with Crippen molar-refractivity contribution >= 4 is 28.2 Å². The number of carbonyl (C=O) groups excluding carboxylic acids is 2. The Labute approximate surface area is 116 Å². The number of amides is 1. The number of rotatable bonds is 2.